The maximum absolute atomic E-state index is 12.4. The number of amides is 4. The fraction of sp³-hybridized carbons (Fsp3) is 0.348. The van der Waals surface area contributed by atoms with Crippen LogP contribution >= 0.6 is 0 Å². The second-order valence-corrected chi connectivity index (χ2v) is 7.65. The minimum atomic E-state index is -0.159. The molecule has 0 unspecified atom stereocenters. The van der Waals surface area contributed by atoms with Crippen molar-refractivity contribution in [2.45, 2.75) is 25.8 Å². The van der Waals surface area contributed by atoms with Crippen molar-refractivity contribution in [1.29, 1.82) is 0 Å². The Kier molecular flexibility index (Phi) is 6.35. The number of carbonyl (C=O) groups is 3. The predicted molar refractivity (Wildman–Crippen MR) is 117 cm³/mol. The Morgan fingerprint density at radius 1 is 1.03 bits per heavy atom. The first-order chi connectivity index (χ1) is 15.1. The lowest BCUT2D eigenvalue weighted by Gasteiger charge is -2.29. The number of urea groups is 1. The van der Waals surface area contributed by atoms with Crippen LogP contribution in [-0.4, -0.2) is 49.0 Å². The molecule has 2 aliphatic heterocycles. The zero-order valence-corrected chi connectivity index (χ0v) is 17.3. The molecule has 0 saturated carbocycles. The molecule has 2 aromatic rings. The molecule has 1 fully saturated rings. The van der Waals surface area contributed by atoms with E-state index < -0.39 is 0 Å². The lowest BCUT2D eigenvalue weighted by atomic mass is 10.2. The number of nitrogens with one attached hydrogen (secondary N) is 2. The van der Waals surface area contributed by atoms with Gasteiger partial charge in [0.05, 0.1) is 5.69 Å². The summed E-state index contributed by atoms with van der Waals surface area (Å²) in [5.74, 6) is 0.339. The number of benzene rings is 2. The molecule has 8 nitrogen and oxygen atoms in total. The standard InChI is InChI=1S/C23H26N4O4/c28-21(10-13-27-19-8-1-2-9-20(19)31-16-22(27)29)24-15-17-6-5-7-18(14-17)25-23(30)26-11-3-4-12-26/h1-2,5-9,14H,3-4,10-13,15-16H2,(H,24,28)(H,25,30). The van der Waals surface area contributed by atoms with Crippen molar-refractivity contribution in [2.75, 3.05) is 36.5 Å². The van der Waals surface area contributed by atoms with E-state index in [9.17, 15) is 14.4 Å². The number of anilines is 2. The summed E-state index contributed by atoms with van der Waals surface area (Å²) in [5, 5.41) is 5.79. The van der Waals surface area contributed by atoms with Crippen molar-refractivity contribution in [3.05, 3.63) is 54.1 Å². The van der Waals surface area contributed by atoms with Crippen molar-refractivity contribution in [1.82, 2.24) is 10.2 Å². The summed E-state index contributed by atoms with van der Waals surface area (Å²) in [6.45, 7) is 2.20. The number of nitrogens with zero attached hydrogens (tertiary/aromatic N) is 2. The van der Waals surface area contributed by atoms with Crippen LogP contribution in [0, 0.1) is 0 Å². The Balaban J connectivity index is 1.27. The van der Waals surface area contributed by atoms with Crippen LogP contribution in [-0.2, 0) is 16.1 Å². The second-order valence-electron chi connectivity index (χ2n) is 7.65. The zero-order chi connectivity index (χ0) is 21.6. The first-order valence-corrected chi connectivity index (χ1v) is 10.5. The second kappa shape index (κ2) is 9.51. The van der Waals surface area contributed by atoms with Crippen LogP contribution in [0.3, 0.4) is 0 Å². The van der Waals surface area contributed by atoms with Crippen molar-refractivity contribution < 1.29 is 19.1 Å². The van der Waals surface area contributed by atoms with E-state index in [4.69, 9.17) is 4.74 Å². The summed E-state index contributed by atoms with van der Waals surface area (Å²) in [5.41, 5.74) is 2.28. The topological polar surface area (TPSA) is 91.0 Å². The number of fused-ring (bicyclic) bond motifs is 1. The summed E-state index contributed by atoms with van der Waals surface area (Å²) in [6.07, 6.45) is 2.27. The third-order valence-corrected chi connectivity index (χ3v) is 5.43. The number of carbonyl (C=O) groups excluding carboxylic acids is 3. The highest BCUT2D eigenvalue weighted by Crippen LogP contribution is 2.31. The fourth-order valence-corrected chi connectivity index (χ4v) is 3.78. The summed E-state index contributed by atoms with van der Waals surface area (Å²) in [4.78, 5) is 40.2. The molecule has 8 heteroatoms. The molecule has 2 heterocycles. The molecule has 162 valence electrons. The van der Waals surface area contributed by atoms with Crippen LogP contribution in [0.15, 0.2) is 48.5 Å². The summed E-state index contributed by atoms with van der Waals surface area (Å²) in [6, 6.07) is 14.7. The van der Waals surface area contributed by atoms with Gasteiger partial charge in [-0.15, -0.1) is 0 Å². The van der Waals surface area contributed by atoms with E-state index in [1.165, 1.54) is 0 Å². The first-order valence-electron chi connectivity index (χ1n) is 10.5. The van der Waals surface area contributed by atoms with Gasteiger partial charge in [-0.3, -0.25) is 9.59 Å². The molecule has 31 heavy (non-hydrogen) atoms. The summed E-state index contributed by atoms with van der Waals surface area (Å²) in [7, 11) is 0. The lowest BCUT2D eigenvalue weighted by molar-refractivity contribution is -0.122. The number of hydrogen-bond donors (Lipinski definition) is 2. The van der Waals surface area contributed by atoms with E-state index >= 15 is 0 Å². The van der Waals surface area contributed by atoms with Gasteiger partial charge >= 0.3 is 6.03 Å². The molecule has 0 bridgehead atoms. The van der Waals surface area contributed by atoms with E-state index in [0.717, 1.165) is 31.5 Å². The maximum atomic E-state index is 12.4. The number of hydrogen-bond acceptors (Lipinski definition) is 4. The molecular formula is C23H26N4O4. The van der Waals surface area contributed by atoms with Crippen molar-refractivity contribution in [3.8, 4) is 5.75 Å². The molecule has 4 amide bonds. The molecule has 0 aromatic heterocycles. The van der Waals surface area contributed by atoms with Crippen LogP contribution in [0.4, 0.5) is 16.2 Å². The molecule has 2 aliphatic rings. The Labute approximate surface area is 181 Å². The van der Waals surface area contributed by atoms with E-state index in [1.54, 1.807) is 9.80 Å². The Bertz CT molecular complexity index is 972. The lowest BCUT2D eigenvalue weighted by Crippen LogP contribution is -2.41. The summed E-state index contributed by atoms with van der Waals surface area (Å²) < 4.78 is 5.42. The quantitative estimate of drug-likeness (QED) is 0.749. The van der Waals surface area contributed by atoms with Gasteiger partial charge in [0, 0.05) is 38.3 Å². The monoisotopic (exact) mass is 422 g/mol. The third-order valence-electron chi connectivity index (χ3n) is 5.43. The Hall–Kier alpha value is -3.55. The first kappa shape index (κ1) is 20.7. The van der Waals surface area contributed by atoms with Gasteiger partial charge in [0.25, 0.3) is 5.91 Å². The highest BCUT2D eigenvalue weighted by Gasteiger charge is 2.25. The molecule has 0 spiro atoms. The van der Waals surface area contributed by atoms with E-state index in [0.29, 0.717) is 23.7 Å². The molecule has 2 N–H and O–H groups in total. The zero-order valence-electron chi connectivity index (χ0n) is 17.3. The molecule has 0 radical (unpaired) electrons. The van der Waals surface area contributed by atoms with Gasteiger partial charge in [-0.1, -0.05) is 24.3 Å². The van der Waals surface area contributed by atoms with E-state index in [2.05, 4.69) is 10.6 Å². The number of para-hydroxylation sites is 2. The van der Waals surface area contributed by atoms with Gasteiger partial charge in [-0.05, 0) is 42.7 Å². The molecular weight excluding hydrogens is 396 g/mol. The van der Waals surface area contributed by atoms with Gasteiger partial charge in [0.15, 0.2) is 6.61 Å². The van der Waals surface area contributed by atoms with Crippen molar-refractivity contribution >= 4 is 29.2 Å². The number of rotatable bonds is 6. The Morgan fingerprint density at radius 3 is 2.68 bits per heavy atom. The normalized spacial score (nSPS) is 15.3. The summed E-state index contributed by atoms with van der Waals surface area (Å²) >= 11 is 0. The SMILES string of the molecule is O=C(CCN1C(=O)COc2ccccc21)NCc1cccc(NC(=O)N2CCCC2)c1. The van der Waals surface area contributed by atoms with Gasteiger partial charge in [0.2, 0.25) is 5.91 Å². The maximum Gasteiger partial charge on any atom is 0.321 e. The van der Waals surface area contributed by atoms with Crippen LogP contribution in [0.5, 0.6) is 5.75 Å². The smallest absolute Gasteiger partial charge is 0.321 e. The van der Waals surface area contributed by atoms with Gasteiger partial charge in [0.1, 0.15) is 5.75 Å². The molecule has 4 rings (SSSR count). The van der Waals surface area contributed by atoms with Gasteiger partial charge in [-0.2, -0.15) is 0 Å². The van der Waals surface area contributed by atoms with Crippen LogP contribution in [0.1, 0.15) is 24.8 Å². The minimum Gasteiger partial charge on any atom is -0.482 e. The average Bonchev–Trinajstić information content (AvgIpc) is 3.32. The highest BCUT2D eigenvalue weighted by atomic mass is 16.5. The third kappa shape index (κ3) is 5.14. The highest BCUT2D eigenvalue weighted by molar-refractivity contribution is 5.98. The largest absolute Gasteiger partial charge is 0.482 e. The average molecular weight is 422 g/mol. The van der Waals surface area contributed by atoms with Crippen LogP contribution < -0.4 is 20.3 Å². The van der Waals surface area contributed by atoms with Crippen molar-refractivity contribution in [3.63, 3.8) is 0 Å². The van der Waals surface area contributed by atoms with E-state index in [-0.39, 0.29) is 37.4 Å². The van der Waals surface area contributed by atoms with E-state index in [1.807, 2.05) is 48.5 Å². The Morgan fingerprint density at radius 2 is 1.84 bits per heavy atom. The van der Waals surface area contributed by atoms with Crippen molar-refractivity contribution in [2.24, 2.45) is 0 Å². The molecule has 1 saturated heterocycles. The van der Waals surface area contributed by atoms with Crippen LogP contribution in [0.25, 0.3) is 0 Å². The fourth-order valence-electron chi connectivity index (χ4n) is 3.78. The number of likely N-dealkylation sites (tertiary alicyclic amines) is 1. The predicted octanol–water partition coefficient (Wildman–Crippen LogP) is 2.75. The van der Waals surface area contributed by atoms with Gasteiger partial charge < -0.3 is 25.2 Å². The number of ether oxygens (including phenoxy) is 1. The van der Waals surface area contributed by atoms with Crippen LogP contribution in [0.2, 0.25) is 0 Å². The molecule has 0 atom stereocenters. The minimum absolute atomic E-state index is 0.0193. The molecule has 2 aromatic carbocycles. The molecule has 0 aliphatic carbocycles. The van der Waals surface area contributed by atoms with Gasteiger partial charge in [-0.25, -0.2) is 4.79 Å².